The largest absolute Gasteiger partial charge is 0.152 e. The highest BCUT2D eigenvalue weighted by atomic mass is 32.1. The number of hydrogen-bond donors (Lipinski definition) is 0. The molecule has 0 bridgehead atoms. The molecule has 0 aromatic carbocycles. The van der Waals surface area contributed by atoms with Crippen molar-refractivity contribution >= 4 is 22.7 Å². The van der Waals surface area contributed by atoms with Gasteiger partial charge in [0.15, 0.2) is 0 Å². The molecule has 0 atom stereocenters. The van der Waals surface area contributed by atoms with Gasteiger partial charge in [0.2, 0.25) is 0 Å². The Balaban J connectivity index is 2.14. The van der Waals surface area contributed by atoms with Crippen LogP contribution in [-0.4, -0.2) is 0 Å². The Morgan fingerprint density at radius 2 is 1.45 bits per heavy atom. The van der Waals surface area contributed by atoms with Gasteiger partial charge in [-0.1, -0.05) is 0 Å². The van der Waals surface area contributed by atoms with E-state index in [4.69, 9.17) is 0 Å². The summed E-state index contributed by atoms with van der Waals surface area (Å²) in [6.45, 7) is 0. The van der Waals surface area contributed by atoms with Crippen LogP contribution in [0.2, 0.25) is 0 Å². The summed E-state index contributed by atoms with van der Waals surface area (Å²) in [6, 6.07) is 4.25. The molecule has 2 rings (SSSR count). The van der Waals surface area contributed by atoms with Gasteiger partial charge >= 0.3 is 0 Å². The molecule has 0 aliphatic carbocycles. The zero-order chi connectivity index (χ0) is 7.52. The molecule has 1 radical (unpaired) electrons. The number of rotatable bonds is 2. The van der Waals surface area contributed by atoms with E-state index in [1.165, 1.54) is 11.1 Å². The Bertz CT molecular complexity index is 260. The lowest BCUT2D eigenvalue weighted by atomic mass is 10.1. The molecule has 2 aromatic rings. The van der Waals surface area contributed by atoms with Crippen LogP contribution in [0.3, 0.4) is 0 Å². The summed E-state index contributed by atoms with van der Waals surface area (Å²) in [5.74, 6) is 0. The summed E-state index contributed by atoms with van der Waals surface area (Å²) < 4.78 is 0. The van der Waals surface area contributed by atoms with Crippen LogP contribution >= 0.6 is 22.7 Å². The fourth-order valence-electron chi connectivity index (χ4n) is 0.907. The molecule has 0 N–H and O–H groups in total. The van der Waals surface area contributed by atoms with E-state index in [9.17, 15) is 0 Å². The fourth-order valence-corrected chi connectivity index (χ4v) is 2.14. The van der Waals surface area contributed by atoms with Crippen molar-refractivity contribution in [3.8, 4) is 0 Å². The lowest BCUT2D eigenvalue weighted by molar-refractivity contribution is 1.52. The smallest absolute Gasteiger partial charge is 0.0216 e. The molecule has 2 heteroatoms. The molecule has 55 valence electrons. The first-order valence-corrected chi connectivity index (χ1v) is 5.23. The fraction of sp³-hybridized carbons (Fsp3) is 0. The molecule has 0 aliphatic heterocycles. The summed E-state index contributed by atoms with van der Waals surface area (Å²) in [6.07, 6.45) is 2.19. The highest BCUT2D eigenvalue weighted by molar-refractivity contribution is 7.08. The van der Waals surface area contributed by atoms with Crippen molar-refractivity contribution in [3.63, 3.8) is 0 Å². The second kappa shape index (κ2) is 3.20. The quantitative estimate of drug-likeness (QED) is 0.662. The molecular weight excluding hydrogens is 172 g/mol. The third-order valence-electron chi connectivity index (χ3n) is 1.42. The molecule has 0 nitrogen and oxygen atoms in total. The molecule has 0 unspecified atom stereocenters. The molecule has 0 saturated heterocycles. The zero-order valence-electron chi connectivity index (χ0n) is 5.86. The van der Waals surface area contributed by atoms with Gasteiger partial charge in [0, 0.05) is 6.42 Å². The van der Waals surface area contributed by atoms with Gasteiger partial charge in [-0.15, -0.1) is 0 Å². The second-order valence-electron chi connectivity index (χ2n) is 2.26. The van der Waals surface area contributed by atoms with Crippen molar-refractivity contribution in [3.05, 3.63) is 51.2 Å². The van der Waals surface area contributed by atoms with Crippen LogP contribution in [0.15, 0.2) is 33.7 Å². The number of hydrogen-bond acceptors (Lipinski definition) is 2. The molecule has 11 heavy (non-hydrogen) atoms. The van der Waals surface area contributed by atoms with Gasteiger partial charge in [0.05, 0.1) is 0 Å². The highest BCUT2D eigenvalue weighted by Crippen LogP contribution is 2.16. The van der Waals surface area contributed by atoms with E-state index in [0.717, 1.165) is 0 Å². The maximum absolute atomic E-state index is 2.19. The van der Waals surface area contributed by atoms with Crippen molar-refractivity contribution in [1.82, 2.24) is 0 Å². The van der Waals surface area contributed by atoms with E-state index < -0.39 is 0 Å². The number of thiophene rings is 2. The van der Waals surface area contributed by atoms with Crippen molar-refractivity contribution in [1.29, 1.82) is 0 Å². The van der Waals surface area contributed by atoms with Crippen LogP contribution in [0.1, 0.15) is 11.1 Å². The van der Waals surface area contributed by atoms with E-state index in [0.29, 0.717) is 0 Å². The normalized spacial score (nSPS) is 10.2. The van der Waals surface area contributed by atoms with Gasteiger partial charge in [-0.25, -0.2) is 0 Å². The Labute approximate surface area is 74.1 Å². The van der Waals surface area contributed by atoms with Gasteiger partial charge in [0.25, 0.3) is 0 Å². The Morgan fingerprint density at radius 3 is 1.82 bits per heavy atom. The minimum absolute atomic E-state index is 1.30. The Morgan fingerprint density at radius 1 is 0.909 bits per heavy atom. The van der Waals surface area contributed by atoms with Crippen molar-refractivity contribution < 1.29 is 0 Å². The minimum atomic E-state index is 1.30. The molecule has 0 aliphatic rings. The first kappa shape index (κ1) is 7.07. The molecule has 2 heterocycles. The van der Waals surface area contributed by atoms with Crippen LogP contribution < -0.4 is 0 Å². The second-order valence-corrected chi connectivity index (χ2v) is 3.82. The van der Waals surface area contributed by atoms with Crippen LogP contribution in [0.25, 0.3) is 0 Å². The maximum atomic E-state index is 2.19. The van der Waals surface area contributed by atoms with E-state index >= 15 is 0 Å². The van der Waals surface area contributed by atoms with Gasteiger partial charge in [-0.3, -0.25) is 0 Å². The van der Waals surface area contributed by atoms with Gasteiger partial charge in [0.1, 0.15) is 0 Å². The van der Waals surface area contributed by atoms with Gasteiger partial charge in [-0.2, -0.15) is 22.7 Å². The van der Waals surface area contributed by atoms with Crippen molar-refractivity contribution in [2.45, 2.75) is 0 Å². The summed E-state index contributed by atoms with van der Waals surface area (Å²) in [5.41, 5.74) is 2.60. The molecule has 0 amide bonds. The Kier molecular flexibility index (Phi) is 2.06. The topological polar surface area (TPSA) is 0 Å². The van der Waals surface area contributed by atoms with E-state index in [1.54, 1.807) is 22.7 Å². The molecule has 0 saturated carbocycles. The lowest BCUT2D eigenvalue weighted by Gasteiger charge is -1.90. The third kappa shape index (κ3) is 1.70. The first-order valence-electron chi connectivity index (χ1n) is 3.34. The van der Waals surface area contributed by atoms with Crippen molar-refractivity contribution in [2.24, 2.45) is 0 Å². The van der Waals surface area contributed by atoms with Gasteiger partial charge < -0.3 is 0 Å². The van der Waals surface area contributed by atoms with E-state index in [-0.39, 0.29) is 0 Å². The highest BCUT2D eigenvalue weighted by Gasteiger charge is 1.95. The molecule has 2 aromatic heterocycles. The minimum Gasteiger partial charge on any atom is -0.152 e. The molecule has 0 fully saturated rings. The lowest BCUT2D eigenvalue weighted by Crippen LogP contribution is -1.75. The van der Waals surface area contributed by atoms with E-state index in [2.05, 4.69) is 40.1 Å². The summed E-state index contributed by atoms with van der Waals surface area (Å²) in [4.78, 5) is 0. The van der Waals surface area contributed by atoms with E-state index in [1.807, 2.05) is 0 Å². The van der Waals surface area contributed by atoms with Crippen LogP contribution in [0.4, 0.5) is 0 Å². The molecule has 0 spiro atoms. The predicted octanol–water partition coefficient (Wildman–Crippen LogP) is 3.41. The third-order valence-corrected chi connectivity index (χ3v) is 2.82. The maximum Gasteiger partial charge on any atom is 0.0216 e. The average molecular weight is 179 g/mol. The first-order chi connectivity index (χ1) is 5.45. The van der Waals surface area contributed by atoms with Gasteiger partial charge in [-0.05, 0) is 44.8 Å². The monoisotopic (exact) mass is 179 g/mol. The van der Waals surface area contributed by atoms with Crippen LogP contribution in [-0.2, 0) is 0 Å². The summed E-state index contributed by atoms with van der Waals surface area (Å²) >= 11 is 3.47. The SMILES string of the molecule is [CH](c1ccsc1)c1ccsc1. The average Bonchev–Trinajstić information content (AvgIpc) is 2.60. The van der Waals surface area contributed by atoms with Crippen LogP contribution in [0, 0.1) is 6.42 Å². The predicted molar refractivity (Wildman–Crippen MR) is 51.1 cm³/mol. The molecular formula is C9H7S2. The standard InChI is InChI=1S/C9H7S2/c1-3-10-6-8(1)5-9-2-4-11-7-9/h1-7H. The van der Waals surface area contributed by atoms with Crippen LogP contribution in [0.5, 0.6) is 0 Å². The summed E-state index contributed by atoms with van der Waals surface area (Å²) in [5, 5.41) is 8.49. The van der Waals surface area contributed by atoms with Crippen molar-refractivity contribution in [2.75, 3.05) is 0 Å². The Hall–Kier alpha value is -0.600. The summed E-state index contributed by atoms with van der Waals surface area (Å²) in [7, 11) is 0. The zero-order valence-corrected chi connectivity index (χ0v) is 7.49.